The quantitative estimate of drug-likeness (QED) is 0.751. The van der Waals surface area contributed by atoms with E-state index in [1.54, 1.807) is 12.4 Å². The molecule has 0 amide bonds. The van der Waals surface area contributed by atoms with Crippen molar-refractivity contribution in [2.24, 2.45) is 0 Å². The number of hydrogen-bond donors (Lipinski definition) is 2. The summed E-state index contributed by atoms with van der Waals surface area (Å²) in [6.07, 6.45) is 5.43. The summed E-state index contributed by atoms with van der Waals surface area (Å²) in [6.45, 7) is 4.33. The van der Waals surface area contributed by atoms with Gasteiger partial charge in [0.05, 0.1) is 25.4 Å². The van der Waals surface area contributed by atoms with Crippen LogP contribution in [-0.4, -0.2) is 48.7 Å². The fraction of sp³-hybridized carbons (Fsp3) is 0.667. The normalized spacial score (nSPS) is 21.8. The molecule has 5 heteroatoms. The average molecular weight is 280 g/mol. The van der Waals surface area contributed by atoms with Crippen molar-refractivity contribution in [2.75, 3.05) is 26.4 Å². The van der Waals surface area contributed by atoms with Crippen LogP contribution < -0.4 is 5.32 Å². The summed E-state index contributed by atoms with van der Waals surface area (Å²) in [5, 5.41) is 13.2. The average Bonchev–Trinajstić information content (AvgIpc) is 2.99. The Kier molecular flexibility index (Phi) is 6.39. The van der Waals surface area contributed by atoms with Crippen molar-refractivity contribution in [2.45, 2.75) is 38.0 Å². The molecule has 1 fully saturated rings. The largest absolute Gasteiger partial charge is 0.389 e. The first kappa shape index (κ1) is 15.4. The molecule has 2 heterocycles. The van der Waals surface area contributed by atoms with Crippen molar-refractivity contribution in [1.29, 1.82) is 0 Å². The fourth-order valence-corrected chi connectivity index (χ4v) is 2.25. The number of aliphatic hydroxyl groups is 1. The highest BCUT2D eigenvalue weighted by atomic mass is 16.5. The van der Waals surface area contributed by atoms with Crippen LogP contribution in [0, 0.1) is 0 Å². The minimum absolute atomic E-state index is 0.186. The van der Waals surface area contributed by atoms with Gasteiger partial charge in [-0.25, -0.2) is 0 Å². The van der Waals surface area contributed by atoms with Crippen LogP contribution in [0.2, 0.25) is 0 Å². The third kappa shape index (κ3) is 5.17. The zero-order chi connectivity index (χ0) is 14.2. The molecule has 5 nitrogen and oxygen atoms in total. The van der Waals surface area contributed by atoms with Crippen LogP contribution >= 0.6 is 0 Å². The van der Waals surface area contributed by atoms with Crippen molar-refractivity contribution < 1.29 is 14.6 Å². The second-order valence-electron chi connectivity index (χ2n) is 5.24. The molecule has 0 aromatic carbocycles. The zero-order valence-electron chi connectivity index (χ0n) is 12.0. The minimum Gasteiger partial charge on any atom is -0.389 e. The van der Waals surface area contributed by atoms with Gasteiger partial charge in [0.1, 0.15) is 0 Å². The molecular formula is C15H24N2O3. The number of hydrogen-bond acceptors (Lipinski definition) is 5. The summed E-state index contributed by atoms with van der Waals surface area (Å²) >= 11 is 0. The Hall–Kier alpha value is -1.01. The molecule has 1 saturated heterocycles. The van der Waals surface area contributed by atoms with E-state index < -0.39 is 6.10 Å². The summed E-state index contributed by atoms with van der Waals surface area (Å²) in [6, 6.07) is 4.13. The predicted molar refractivity (Wildman–Crippen MR) is 76.5 cm³/mol. The van der Waals surface area contributed by atoms with Gasteiger partial charge < -0.3 is 19.9 Å². The van der Waals surface area contributed by atoms with E-state index in [2.05, 4.69) is 17.2 Å². The molecular weight excluding hydrogens is 256 g/mol. The highest BCUT2D eigenvalue weighted by molar-refractivity contribution is 5.13. The molecule has 1 aromatic rings. The summed E-state index contributed by atoms with van der Waals surface area (Å²) in [5.74, 6) is 0. The van der Waals surface area contributed by atoms with E-state index in [1.807, 2.05) is 12.1 Å². The van der Waals surface area contributed by atoms with Gasteiger partial charge in [-0.3, -0.25) is 4.98 Å². The van der Waals surface area contributed by atoms with Crippen LogP contribution in [0.1, 0.15) is 31.4 Å². The molecule has 1 aliphatic rings. The summed E-state index contributed by atoms with van der Waals surface area (Å²) in [5.41, 5.74) is 1.16. The lowest BCUT2D eigenvalue weighted by Gasteiger charge is -2.18. The zero-order valence-corrected chi connectivity index (χ0v) is 12.0. The molecule has 0 spiro atoms. The molecule has 0 bridgehead atoms. The highest BCUT2D eigenvalue weighted by Gasteiger charge is 2.16. The number of rotatable bonds is 8. The highest BCUT2D eigenvalue weighted by Crippen LogP contribution is 2.12. The number of nitrogens with one attached hydrogen (secondary N) is 1. The maximum Gasteiger partial charge on any atom is 0.0897 e. The maximum absolute atomic E-state index is 9.88. The second kappa shape index (κ2) is 8.32. The van der Waals surface area contributed by atoms with Gasteiger partial charge in [0.15, 0.2) is 0 Å². The standard InChI is InChI=1S/C15H24N2O3/c1-12(13-4-6-16-7-5-13)17-9-14(18)10-19-11-15-3-2-8-20-15/h4-7,12,14-15,17-18H,2-3,8-11H2,1H3/t12-,14?,15?/m1/s1. The predicted octanol–water partition coefficient (Wildman–Crippen LogP) is 1.29. The lowest BCUT2D eigenvalue weighted by molar-refractivity contribution is -0.0168. The lowest BCUT2D eigenvalue weighted by Crippen LogP contribution is -2.33. The van der Waals surface area contributed by atoms with Gasteiger partial charge in [-0.15, -0.1) is 0 Å². The minimum atomic E-state index is -0.499. The molecule has 1 aliphatic heterocycles. The first-order chi connectivity index (χ1) is 9.75. The van der Waals surface area contributed by atoms with Gasteiger partial charge in [-0.05, 0) is 37.5 Å². The molecule has 1 aromatic heterocycles. The third-order valence-electron chi connectivity index (χ3n) is 3.50. The van der Waals surface area contributed by atoms with Gasteiger partial charge in [0, 0.05) is 31.6 Å². The molecule has 112 valence electrons. The van der Waals surface area contributed by atoms with E-state index in [9.17, 15) is 5.11 Å². The molecule has 20 heavy (non-hydrogen) atoms. The molecule has 0 aliphatic carbocycles. The van der Waals surface area contributed by atoms with Crippen molar-refractivity contribution in [3.8, 4) is 0 Å². The lowest BCUT2D eigenvalue weighted by atomic mass is 10.1. The SMILES string of the molecule is C[C@@H](NCC(O)COCC1CCCO1)c1ccncc1. The maximum atomic E-state index is 9.88. The molecule has 2 unspecified atom stereocenters. The van der Waals surface area contributed by atoms with Crippen LogP contribution in [0.4, 0.5) is 0 Å². The van der Waals surface area contributed by atoms with Crippen LogP contribution in [0.5, 0.6) is 0 Å². The number of aromatic nitrogens is 1. The monoisotopic (exact) mass is 280 g/mol. The van der Waals surface area contributed by atoms with E-state index in [4.69, 9.17) is 9.47 Å². The van der Waals surface area contributed by atoms with Gasteiger partial charge in [-0.1, -0.05) is 0 Å². The summed E-state index contributed by atoms with van der Waals surface area (Å²) in [7, 11) is 0. The molecule has 2 rings (SSSR count). The topological polar surface area (TPSA) is 63.6 Å². The smallest absolute Gasteiger partial charge is 0.0897 e. The third-order valence-corrected chi connectivity index (χ3v) is 3.50. The molecule has 0 radical (unpaired) electrons. The number of aliphatic hydroxyl groups excluding tert-OH is 1. The first-order valence-electron chi connectivity index (χ1n) is 7.26. The number of ether oxygens (including phenoxy) is 2. The van der Waals surface area contributed by atoms with E-state index >= 15 is 0 Å². The van der Waals surface area contributed by atoms with Gasteiger partial charge in [0.2, 0.25) is 0 Å². The van der Waals surface area contributed by atoms with Crippen molar-refractivity contribution in [1.82, 2.24) is 10.3 Å². The summed E-state index contributed by atoms with van der Waals surface area (Å²) < 4.78 is 11.0. The Morgan fingerprint density at radius 3 is 3.00 bits per heavy atom. The molecule has 0 saturated carbocycles. The summed E-state index contributed by atoms with van der Waals surface area (Å²) in [4.78, 5) is 3.99. The second-order valence-corrected chi connectivity index (χ2v) is 5.24. The van der Waals surface area contributed by atoms with Crippen LogP contribution in [0.15, 0.2) is 24.5 Å². The van der Waals surface area contributed by atoms with Crippen LogP contribution in [-0.2, 0) is 9.47 Å². The van der Waals surface area contributed by atoms with Crippen molar-refractivity contribution in [3.63, 3.8) is 0 Å². The van der Waals surface area contributed by atoms with Crippen LogP contribution in [0.25, 0.3) is 0 Å². The van der Waals surface area contributed by atoms with Crippen LogP contribution in [0.3, 0.4) is 0 Å². The van der Waals surface area contributed by atoms with Gasteiger partial charge in [0.25, 0.3) is 0 Å². The number of nitrogens with zero attached hydrogens (tertiary/aromatic N) is 1. The Morgan fingerprint density at radius 1 is 1.50 bits per heavy atom. The van der Waals surface area contributed by atoms with E-state index in [1.165, 1.54) is 0 Å². The van der Waals surface area contributed by atoms with E-state index in [0.717, 1.165) is 25.0 Å². The Morgan fingerprint density at radius 2 is 2.30 bits per heavy atom. The first-order valence-corrected chi connectivity index (χ1v) is 7.26. The molecule has 3 atom stereocenters. The van der Waals surface area contributed by atoms with E-state index in [-0.39, 0.29) is 12.1 Å². The van der Waals surface area contributed by atoms with Gasteiger partial charge >= 0.3 is 0 Å². The van der Waals surface area contributed by atoms with Crippen molar-refractivity contribution in [3.05, 3.63) is 30.1 Å². The fourth-order valence-electron chi connectivity index (χ4n) is 2.25. The van der Waals surface area contributed by atoms with Crippen molar-refractivity contribution >= 4 is 0 Å². The Bertz CT molecular complexity index is 369. The Labute approximate surface area is 120 Å². The number of pyridine rings is 1. The molecule has 2 N–H and O–H groups in total. The Balaban J connectivity index is 1.58. The van der Waals surface area contributed by atoms with E-state index in [0.29, 0.717) is 19.8 Å². The van der Waals surface area contributed by atoms with Gasteiger partial charge in [-0.2, -0.15) is 0 Å².